The molecule has 0 saturated heterocycles. The van der Waals surface area contributed by atoms with Gasteiger partial charge in [0, 0.05) is 0 Å². The van der Waals surface area contributed by atoms with Gasteiger partial charge in [-0.1, -0.05) is 145 Å². The van der Waals surface area contributed by atoms with Crippen molar-refractivity contribution in [1.29, 1.82) is 0 Å². The summed E-state index contributed by atoms with van der Waals surface area (Å²) >= 11 is 0. The van der Waals surface area contributed by atoms with Gasteiger partial charge < -0.3 is 18.3 Å². The van der Waals surface area contributed by atoms with E-state index in [2.05, 4.69) is 55.4 Å². The molecule has 0 N–H and O–H groups in total. The molecule has 0 aromatic carbocycles. The monoisotopic (exact) mass is 659 g/mol. The van der Waals surface area contributed by atoms with Gasteiger partial charge in [-0.05, 0) is 49.1 Å². The molecule has 0 fully saturated rings. The van der Waals surface area contributed by atoms with Crippen molar-refractivity contribution in [3.63, 3.8) is 0 Å². The quantitative estimate of drug-likeness (QED) is 0.0419. The molecular formula is C36H74O6Si2. The minimum atomic E-state index is -2.40. The van der Waals surface area contributed by atoms with E-state index in [0.717, 1.165) is 139 Å². The lowest BCUT2D eigenvalue weighted by Crippen LogP contribution is -2.56. The molecule has 0 amide bonds. The molecule has 0 aliphatic rings. The average Bonchev–Trinajstić information content (AvgIpc) is 3.03. The zero-order valence-electron chi connectivity index (χ0n) is 30.6. The first kappa shape index (κ1) is 43.3. The zero-order chi connectivity index (χ0) is 33.1. The predicted octanol–water partition coefficient (Wildman–Crippen LogP) is 11.1. The Morgan fingerprint density at radius 2 is 0.636 bits per heavy atom. The van der Waals surface area contributed by atoms with Crippen molar-refractivity contribution in [1.82, 2.24) is 0 Å². The summed E-state index contributed by atoms with van der Waals surface area (Å²) in [6.07, 6.45) is 14.3. The highest BCUT2D eigenvalue weighted by Crippen LogP contribution is 2.36. The maximum absolute atomic E-state index is 14.1. The Balaban J connectivity index is 7.06. The average molecular weight is 659 g/mol. The molecule has 0 saturated carbocycles. The van der Waals surface area contributed by atoms with Crippen LogP contribution in [0.4, 0.5) is 0 Å². The minimum absolute atomic E-state index is 0.338. The molecule has 0 rings (SSSR count). The van der Waals surface area contributed by atoms with E-state index in [1.807, 2.05) is 0 Å². The van der Waals surface area contributed by atoms with Gasteiger partial charge in [-0.2, -0.15) is 0 Å². The number of rotatable bonds is 31. The van der Waals surface area contributed by atoms with E-state index >= 15 is 0 Å². The maximum atomic E-state index is 14.1. The zero-order valence-corrected chi connectivity index (χ0v) is 32.6. The fourth-order valence-corrected chi connectivity index (χ4v) is 15.6. The first-order chi connectivity index (χ1) is 21.3. The Hall–Kier alpha value is -0.706. The SMILES string of the molecule is CCCCOC(=O)C(O[Si](CCCC)(CCCC)CCCC)C(O[Si](CCCC)(CCCC)CCCC)C(=O)OCCCC. The Morgan fingerprint density at radius 1 is 0.409 bits per heavy atom. The van der Waals surface area contributed by atoms with Crippen LogP contribution in [0.5, 0.6) is 0 Å². The first-order valence-corrected chi connectivity index (χ1v) is 24.0. The summed E-state index contributed by atoms with van der Waals surface area (Å²) in [5.74, 6) is -0.858. The van der Waals surface area contributed by atoms with Crippen LogP contribution in [0.15, 0.2) is 0 Å². The highest BCUT2D eigenvalue weighted by molar-refractivity contribution is 6.74. The van der Waals surface area contributed by atoms with Gasteiger partial charge in [-0.15, -0.1) is 0 Å². The van der Waals surface area contributed by atoms with Crippen molar-refractivity contribution >= 4 is 28.6 Å². The molecule has 0 bridgehead atoms. The summed E-state index contributed by atoms with van der Waals surface area (Å²) < 4.78 is 26.3. The van der Waals surface area contributed by atoms with Gasteiger partial charge >= 0.3 is 11.9 Å². The van der Waals surface area contributed by atoms with E-state index in [9.17, 15) is 9.59 Å². The molecule has 44 heavy (non-hydrogen) atoms. The van der Waals surface area contributed by atoms with E-state index in [-0.39, 0.29) is 0 Å². The van der Waals surface area contributed by atoms with Crippen LogP contribution in [0.3, 0.4) is 0 Å². The number of hydrogen-bond donors (Lipinski definition) is 0. The van der Waals surface area contributed by atoms with Crippen molar-refractivity contribution < 1.29 is 27.9 Å². The van der Waals surface area contributed by atoms with E-state index < -0.39 is 40.8 Å². The first-order valence-electron chi connectivity index (χ1n) is 19.0. The van der Waals surface area contributed by atoms with Gasteiger partial charge in [0.25, 0.3) is 0 Å². The third kappa shape index (κ3) is 17.8. The number of esters is 2. The second kappa shape index (κ2) is 27.4. The summed E-state index contributed by atoms with van der Waals surface area (Å²) in [7, 11) is -4.81. The Kier molecular flexibility index (Phi) is 27.0. The lowest BCUT2D eigenvalue weighted by atomic mass is 10.2. The van der Waals surface area contributed by atoms with E-state index in [4.69, 9.17) is 18.3 Å². The molecular weight excluding hydrogens is 585 g/mol. The Morgan fingerprint density at radius 3 is 0.841 bits per heavy atom. The maximum Gasteiger partial charge on any atom is 0.337 e. The van der Waals surface area contributed by atoms with Crippen LogP contribution in [0.2, 0.25) is 36.3 Å². The van der Waals surface area contributed by atoms with Gasteiger partial charge in [-0.3, -0.25) is 0 Å². The Labute approximate surface area is 275 Å². The highest BCUT2D eigenvalue weighted by atomic mass is 28.4. The van der Waals surface area contributed by atoms with Crippen molar-refractivity contribution in [3.05, 3.63) is 0 Å². The van der Waals surface area contributed by atoms with Crippen LogP contribution >= 0.6 is 0 Å². The molecule has 6 nitrogen and oxygen atoms in total. The van der Waals surface area contributed by atoms with Crippen LogP contribution in [0.1, 0.15) is 158 Å². The second-order valence-corrected chi connectivity index (χ2v) is 21.3. The fraction of sp³-hybridized carbons (Fsp3) is 0.944. The largest absolute Gasteiger partial charge is 0.464 e. The molecule has 0 aromatic rings. The molecule has 2 unspecified atom stereocenters. The van der Waals surface area contributed by atoms with Crippen LogP contribution in [-0.2, 0) is 27.9 Å². The Bertz CT molecular complexity index is 603. The molecule has 0 aliphatic carbocycles. The molecule has 8 heteroatoms. The van der Waals surface area contributed by atoms with Gasteiger partial charge in [0.05, 0.1) is 13.2 Å². The van der Waals surface area contributed by atoms with Crippen LogP contribution in [0, 0.1) is 0 Å². The number of unbranched alkanes of at least 4 members (excludes halogenated alkanes) is 8. The van der Waals surface area contributed by atoms with Crippen LogP contribution in [-0.4, -0.2) is 54.0 Å². The lowest BCUT2D eigenvalue weighted by Gasteiger charge is -2.41. The number of hydrogen-bond acceptors (Lipinski definition) is 6. The second-order valence-electron chi connectivity index (χ2n) is 13.1. The normalized spacial score (nSPS) is 13.5. The van der Waals surface area contributed by atoms with Crippen molar-refractivity contribution in [2.75, 3.05) is 13.2 Å². The summed E-state index contributed by atoms with van der Waals surface area (Å²) in [6.45, 7) is 18.2. The van der Waals surface area contributed by atoms with Crippen LogP contribution < -0.4 is 0 Å². The van der Waals surface area contributed by atoms with Crippen LogP contribution in [0.25, 0.3) is 0 Å². The standard InChI is InChI=1S/C36H74O6Si2/c1-9-17-25-39-35(37)33(41-43(27-19-11-3,28-20-12-4)29-21-13-5)34(36(38)40-26-18-10-2)42-44(30-22-14-6,31-23-15-7)32-24-16-8/h33-34H,9-32H2,1-8H3. The summed E-state index contributed by atoms with van der Waals surface area (Å²) in [5.41, 5.74) is 0. The van der Waals surface area contributed by atoms with Crippen molar-refractivity contribution in [2.45, 2.75) is 207 Å². The molecule has 0 aliphatic heterocycles. The van der Waals surface area contributed by atoms with E-state index in [1.54, 1.807) is 0 Å². The smallest absolute Gasteiger partial charge is 0.337 e. The number of carbonyl (C=O) groups excluding carboxylic acids is 2. The molecule has 262 valence electrons. The topological polar surface area (TPSA) is 71.1 Å². The van der Waals surface area contributed by atoms with Gasteiger partial charge in [0.2, 0.25) is 0 Å². The van der Waals surface area contributed by atoms with E-state index in [1.165, 1.54) is 0 Å². The summed E-state index contributed by atoms with van der Waals surface area (Å²) in [4.78, 5) is 28.2. The summed E-state index contributed by atoms with van der Waals surface area (Å²) in [5, 5.41) is 0. The van der Waals surface area contributed by atoms with Crippen molar-refractivity contribution in [3.8, 4) is 0 Å². The van der Waals surface area contributed by atoms with Gasteiger partial charge in [-0.25, -0.2) is 9.59 Å². The lowest BCUT2D eigenvalue weighted by molar-refractivity contribution is -0.170. The van der Waals surface area contributed by atoms with Gasteiger partial charge in [0.1, 0.15) is 0 Å². The third-order valence-corrected chi connectivity index (χ3v) is 18.0. The van der Waals surface area contributed by atoms with Crippen molar-refractivity contribution in [2.24, 2.45) is 0 Å². The summed E-state index contributed by atoms with van der Waals surface area (Å²) in [6, 6.07) is 6.02. The minimum Gasteiger partial charge on any atom is -0.464 e. The third-order valence-electron chi connectivity index (χ3n) is 8.89. The van der Waals surface area contributed by atoms with Gasteiger partial charge in [0.15, 0.2) is 28.8 Å². The fourth-order valence-electron chi connectivity index (χ4n) is 5.90. The molecule has 0 spiro atoms. The molecule has 2 atom stereocenters. The number of ether oxygens (including phenoxy) is 2. The highest BCUT2D eigenvalue weighted by Gasteiger charge is 2.48. The predicted molar refractivity (Wildman–Crippen MR) is 191 cm³/mol. The molecule has 0 heterocycles. The molecule has 0 aromatic heterocycles. The molecule has 0 radical (unpaired) electrons. The van der Waals surface area contributed by atoms with E-state index in [0.29, 0.717) is 13.2 Å². The number of carbonyl (C=O) groups is 2.